The van der Waals surface area contributed by atoms with Crippen LogP contribution in [0.3, 0.4) is 0 Å². The van der Waals surface area contributed by atoms with Crippen molar-refractivity contribution in [2.45, 2.75) is 65.4 Å². The standard InChI is InChI=1S/C18H30N2O/c1-5-18-13-21-15(4)11-20(18)12-17-8-6-16(7-9-17)10-19-14(2)3/h6-9,14-15,18-19H,5,10-13H2,1-4H3. The third kappa shape index (κ3) is 5.10. The molecule has 21 heavy (non-hydrogen) atoms. The average Bonchev–Trinajstić information content (AvgIpc) is 2.47. The van der Waals surface area contributed by atoms with Gasteiger partial charge in [-0.3, -0.25) is 4.90 Å². The Bertz CT molecular complexity index is 416. The Morgan fingerprint density at radius 1 is 1.24 bits per heavy atom. The van der Waals surface area contributed by atoms with Crippen molar-refractivity contribution in [1.29, 1.82) is 0 Å². The molecule has 1 fully saturated rings. The van der Waals surface area contributed by atoms with E-state index in [9.17, 15) is 0 Å². The summed E-state index contributed by atoms with van der Waals surface area (Å²) in [7, 11) is 0. The van der Waals surface area contributed by atoms with Gasteiger partial charge in [-0.25, -0.2) is 0 Å². The minimum atomic E-state index is 0.349. The first-order chi connectivity index (χ1) is 10.1. The van der Waals surface area contributed by atoms with Gasteiger partial charge in [0, 0.05) is 31.7 Å². The predicted molar refractivity (Wildman–Crippen MR) is 88.3 cm³/mol. The van der Waals surface area contributed by atoms with Gasteiger partial charge in [0.25, 0.3) is 0 Å². The van der Waals surface area contributed by atoms with E-state index in [4.69, 9.17) is 4.74 Å². The minimum Gasteiger partial charge on any atom is -0.376 e. The highest BCUT2D eigenvalue weighted by atomic mass is 16.5. The summed E-state index contributed by atoms with van der Waals surface area (Å²) >= 11 is 0. The summed E-state index contributed by atoms with van der Waals surface area (Å²) in [4.78, 5) is 2.57. The number of nitrogens with zero attached hydrogens (tertiary/aromatic N) is 1. The van der Waals surface area contributed by atoms with Crippen molar-refractivity contribution in [2.24, 2.45) is 0 Å². The van der Waals surface area contributed by atoms with Crippen molar-refractivity contribution in [3.63, 3.8) is 0 Å². The molecule has 1 aliphatic rings. The lowest BCUT2D eigenvalue weighted by Crippen LogP contribution is -2.47. The molecule has 1 saturated heterocycles. The zero-order valence-corrected chi connectivity index (χ0v) is 13.9. The molecule has 0 radical (unpaired) electrons. The Morgan fingerprint density at radius 2 is 1.90 bits per heavy atom. The highest BCUT2D eigenvalue weighted by molar-refractivity contribution is 5.22. The number of benzene rings is 1. The summed E-state index contributed by atoms with van der Waals surface area (Å²) in [6, 6.07) is 10.1. The van der Waals surface area contributed by atoms with Gasteiger partial charge >= 0.3 is 0 Å². The summed E-state index contributed by atoms with van der Waals surface area (Å²) in [5.74, 6) is 0. The van der Waals surface area contributed by atoms with E-state index in [0.717, 1.165) is 32.7 Å². The maximum Gasteiger partial charge on any atom is 0.0674 e. The van der Waals surface area contributed by atoms with Crippen molar-refractivity contribution in [3.8, 4) is 0 Å². The first kappa shape index (κ1) is 16.5. The molecule has 0 aliphatic carbocycles. The van der Waals surface area contributed by atoms with E-state index in [0.29, 0.717) is 18.2 Å². The quantitative estimate of drug-likeness (QED) is 0.871. The molecule has 2 unspecified atom stereocenters. The van der Waals surface area contributed by atoms with Crippen molar-refractivity contribution >= 4 is 0 Å². The molecule has 0 spiro atoms. The van der Waals surface area contributed by atoms with Crippen LogP contribution in [0.2, 0.25) is 0 Å². The van der Waals surface area contributed by atoms with E-state index in [1.807, 2.05) is 0 Å². The topological polar surface area (TPSA) is 24.5 Å². The fraction of sp³-hybridized carbons (Fsp3) is 0.667. The van der Waals surface area contributed by atoms with Gasteiger partial charge in [-0.1, -0.05) is 45.0 Å². The molecule has 0 bridgehead atoms. The zero-order chi connectivity index (χ0) is 15.2. The van der Waals surface area contributed by atoms with E-state index < -0.39 is 0 Å². The summed E-state index contributed by atoms with van der Waals surface area (Å²) < 4.78 is 5.77. The van der Waals surface area contributed by atoms with Gasteiger partial charge < -0.3 is 10.1 Å². The minimum absolute atomic E-state index is 0.349. The lowest BCUT2D eigenvalue weighted by molar-refractivity contribution is -0.0592. The lowest BCUT2D eigenvalue weighted by Gasteiger charge is -2.38. The fourth-order valence-electron chi connectivity index (χ4n) is 2.80. The van der Waals surface area contributed by atoms with Crippen molar-refractivity contribution in [2.75, 3.05) is 13.2 Å². The second kappa shape index (κ2) is 7.92. The number of morpholine rings is 1. The number of nitrogens with one attached hydrogen (secondary N) is 1. The molecule has 0 saturated carbocycles. The van der Waals surface area contributed by atoms with Crippen molar-refractivity contribution in [1.82, 2.24) is 10.2 Å². The molecule has 1 N–H and O–H groups in total. The van der Waals surface area contributed by atoms with Crippen LogP contribution in [0.25, 0.3) is 0 Å². The largest absolute Gasteiger partial charge is 0.376 e. The number of hydrogen-bond donors (Lipinski definition) is 1. The van der Waals surface area contributed by atoms with Crippen molar-refractivity contribution < 1.29 is 4.74 Å². The van der Waals surface area contributed by atoms with Gasteiger partial charge in [-0.15, -0.1) is 0 Å². The Balaban J connectivity index is 1.92. The molecular formula is C18H30N2O. The highest BCUT2D eigenvalue weighted by Crippen LogP contribution is 2.18. The van der Waals surface area contributed by atoms with Gasteiger partial charge in [0.2, 0.25) is 0 Å². The van der Waals surface area contributed by atoms with E-state index in [2.05, 4.69) is 62.2 Å². The summed E-state index contributed by atoms with van der Waals surface area (Å²) in [5.41, 5.74) is 2.76. The summed E-state index contributed by atoms with van der Waals surface area (Å²) in [6.45, 7) is 12.7. The Morgan fingerprint density at radius 3 is 2.52 bits per heavy atom. The lowest BCUT2D eigenvalue weighted by atomic mass is 10.1. The van der Waals surface area contributed by atoms with Crippen LogP contribution in [0.4, 0.5) is 0 Å². The molecule has 3 nitrogen and oxygen atoms in total. The third-order valence-corrected chi connectivity index (χ3v) is 4.18. The third-order valence-electron chi connectivity index (χ3n) is 4.18. The Hall–Kier alpha value is -0.900. The highest BCUT2D eigenvalue weighted by Gasteiger charge is 2.25. The average molecular weight is 290 g/mol. The van der Waals surface area contributed by atoms with Gasteiger partial charge in [-0.05, 0) is 24.5 Å². The smallest absolute Gasteiger partial charge is 0.0674 e. The zero-order valence-electron chi connectivity index (χ0n) is 13.9. The molecule has 0 amide bonds. The molecule has 118 valence electrons. The molecule has 1 aliphatic heterocycles. The van der Waals surface area contributed by atoms with E-state index in [1.165, 1.54) is 11.1 Å². The first-order valence-electron chi connectivity index (χ1n) is 8.25. The monoisotopic (exact) mass is 290 g/mol. The molecule has 2 rings (SSSR count). The number of ether oxygens (including phenoxy) is 1. The van der Waals surface area contributed by atoms with Crippen LogP contribution in [0, 0.1) is 0 Å². The van der Waals surface area contributed by atoms with E-state index in [1.54, 1.807) is 0 Å². The number of hydrogen-bond acceptors (Lipinski definition) is 3. The summed E-state index contributed by atoms with van der Waals surface area (Å²) in [5, 5.41) is 3.46. The van der Waals surface area contributed by atoms with Crippen LogP contribution in [-0.2, 0) is 17.8 Å². The SMILES string of the molecule is CCC1COC(C)CN1Cc1ccc(CNC(C)C)cc1. The van der Waals surface area contributed by atoms with Crippen LogP contribution < -0.4 is 5.32 Å². The maximum atomic E-state index is 5.77. The normalized spacial score (nSPS) is 23.7. The first-order valence-corrected chi connectivity index (χ1v) is 8.25. The number of rotatable bonds is 6. The fourth-order valence-corrected chi connectivity index (χ4v) is 2.80. The van der Waals surface area contributed by atoms with Crippen LogP contribution in [-0.4, -0.2) is 36.2 Å². The second-order valence-corrected chi connectivity index (χ2v) is 6.49. The van der Waals surface area contributed by atoms with Gasteiger partial charge in [0.15, 0.2) is 0 Å². The van der Waals surface area contributed by atoms with Crippen LogP contribution in [0.15, 0.2) is 24.3 Å². The molecule has 0 aromatic heterocycles. The van der Waals surface area contributed by atoms with Crippen molar-refractivity contribution in [3.05, 3.63) is 35.4 Å². The van der Waals surface area contributed by atoms with Gasteiger partial charge in [-0.2, -0.15) is 0 Å². The molecule has 1 heterocycles. The molecular weight excluding hydrogens is 260 g/mol. The molecule has 3 heteroatoms. The second-order valence-electron chi connectivity index (χ2n) is 6.49. The van der Waals surface area contributed by atoms with E-state index in [-0.39, 0.29) is 0 Å². The molecule has 1 aromatic rings. The van der Waals surface area contributed by atoms with Gasteiger partial charge in [0.05, 0.1) is 12.7 Å². The van der Waals surface area contributed by atoms with Crippen LogP contribution in [0.1, 0.15) is 45.2 Å². The molecule has 2 atom stereocenters. The van der Waals surface area contributed by atoms with Crippen LogP contribution >= 0.6 is 0 Å². The Kier molecular flexibility index (Phi) is 6.22. The Labute approximate surface area is 129 Å². The summed E-state index contributed by atoms with van der Waals surface area (Å²) in [6.07, 6.45) is 1.51. The maximum absolute atomic E-state index is 5.77. The van der Waals surface area contributed by atoms with Gasteiger partial charge in [0.1, 0.15) is 0 Å². The molecule has 1 aromatic carbocycles. The van der Waals surface area contributed by atoms with Crippen LogP contribution in [0.5, 0.6) is 0 Å². The van der Waals surface area contributed by atoms with E-state index >= 15 is 0 Å². The predicted octanol–water partition coefficient (Wildman–Crippen LogP) is 3.18.